The fourth-order valence-electron chi connectivity index (χ4n) is 3.41. The summed E-state index contributed by atoms with van der Waals surface area (Å²) < 4.78 is 39.4. The second-order valence-corrected chi connectivity index (χ2v) is 9.71. The van der Waals surface area contributed by atoms with E-state index in [9.17, 15) is 18.0 Å². The summed E-state index contributed by atoms with van der Waals surface area (Å²) in [6.07, 6.45) is -0.336. The van der Waals surface area contributed by atoms with E-state index in [0.29, 0.717) is 17.1 Å². The number of halogens is 4. The maximum absolute atomic E-state index is 13.1. The van der Waals surface area contributed by atoms with Gasteiger partial charge in [-0.15, -0.1) is 11.3 Å². The highest BCUT2D eigenvalue weighted by molar-refractivity contribution is 7.17. The lowest BCUT2D eigenvalue weighted by atomic mass is 10.2. The Hall–Kier alpha value is -2.12. The van der Waals surface area contributed by atoms with Gasteiger partial charge in [0.05, 0.1) is 34.7 Å². The fraction of sp³-hybridized carbons (Fsp3) is 0.368. The zero-order chi connectivity index (χ0) is 23.0. The van der Waals surface area contributed by atoms with Gasteiger partial charge in [0.15, 0.2) is 5.13 Å². The largest absolute Gasteiger partial charge is 0.417 e. The van der Waals surface area contributed by atoms with E-state index in [4.69, 9.17) is 17.3 Å². The van der Waals surface area contributed by atoms with E-state index in [1.165, 1.54) is 23.7 Å². The molecule has 0 unspecified atom stereocenters. The summed E-state index contributed by atoms with van der Waals surface area (Å²) in [7, 11) is 0. The van der Waals surface area contributed by atoms with E-state index >= 15 is 0 Å². The highest BCUT2D eigenvalue weighted by Crippen LogP contribution is 2.40. The molecule has 1 aliphatic heterocycles. The van der Waals surface area contributed by atoms with Crippen molar-refractivity contribution in [2.24, 2.45) is 5.73 Å². The maximum Gasteiger partial charge on any atom is 0.417 e. The summed E-state index contributed by atoms with van der Waals surface area (Å²) in [6.45, 7) is 2.48. The molecule has 0 aliphatic carbocycles. The second kappa shape index (κ2) is 9.02. The molecule has 32 heavy (non-hydrogen) atoms. The standard InChI is InChI=1S/C19H18ClF3N6OS2/c1-9-2-3-15(24)29(9)7-13-16(12-4-10(8-31-12)19(21,22)23)27-18(32-13)28-17(30)11-5-26-14(20)6-25-11/h4-6,8-9,15H,2-3,7,24H2,1H3,(H,27,28,30)/t9-,15+/m1/s1. The number of anilines is 1. The number of nitrogens with one attached hydrogen (secondary N) is 1. The molecule has 13 heteroatoms. The minimum atomic E-state index is -4.44. The second-order valence-electron chi connectivity index (χ2n) is 7.33. The number of nitrogens with two attached hydrogens (primary N) is 1. The molecule has 4 rings (SSSR count). The number of hydrogen-bond donors (Lipinski definition) is 2. The summed E-state index contributed by atoms with van der Waals surface area (Å²) in [5.41, 5.74) is 5.92. The van der Waals surface area contributed by atoms with Gasteiger partial charge in [-0.05, 0) is 25.8 Å². The molecule has 3 aromatic heterocycles. The third-order valence-corrected chi connectivity index (χ3v) is 7.22. The van der Waals surface area contributed by atoms with E-state index < -0.39 is 17.6 Å². The van der Waals surface area contributed by atoms with E-state index in [2.05, 4.69) is 32.1 Å². The molecule has 0 bridgehead atoms. The van der Waals surface area contributed by atoms with Crippen LogP contribution in [0.25, 0.3) is 10.6 Å². The number of likely N-dealkylation sites (tertiary alicyclic amines) is 1. The van der Waals surface area contributed by atoms with Crippen LogP contribution in [0, 0.1) is 0 Å². The molecular formula is C19H18ClF3N6OS2. The molecule has 4 heterocycles. The van der Waals surface area contributed by atoms with Gasteiger partial charge in [-0.25, -0.2) is 15.0 Å². The third kappa shape index (κ3) is 4.94. The molecule has 2 atom stereocenters. The summed E-state index contributed by atoms with van der Waals surface area (Å²) in [6, 6.07) is 1.31. The molecule has 7 nitrogen and oxygen atoms in total. The average Bonchev–Trinajstić information content (AvgIpc) is 3.44. The molecule has 170 valence electrons. The van der Waals surface area contributed by atoms with E-state index in [-0.39, 0.29) is 28.2 Å². The highest BCUT2D eigenvalue weighted by atomic mass is 35.5. The average molecular weight is 503 g/mol. The van der Waals surface area contributed by atoms with Crippen molar-refractivity contribution in [1.29, 1.82) is 0 Å². The van der Waals surface area contributed by atoms with Gasteiger partial charge in [0, 0.05) is 22.8 Å². The van der Waals surface area contributed by atoms with Gasteiger partial charge in [0.25, 0.3) is 5.91 Å². The first-order valence-electron chi connectivity index (χ1n) is 9.58. The first-order chi connectivity index (χ1) is 15.1. The zero-order valence-electron chi connectivity index (χ0n) is 16.7. The number of thiophene rings is 1. The number of amides is 1. The molecule has 0 saturated carbocycles. The molecule has 1 aliphatic rings. The number of aromatic nitrogens is 3. The van der Waals surface area contributed by atoms with Crippen molar-refractivity contribution < 1.29 is 18.0 Å². The minimum Gasteiger partial charge on any atom is -0.316 e. The Balaban J connectivity index is 1.65. The Morgan fingerprint density at radius 1 is 1.34 bits per heavy atom. The van der Waals surface area contributed by atoms with Gasteiger partial charge in [0.2, 0.25) is 0 Å². The van der Waals surface area contributed by atoms with E-state index in [1.54, 1.807) is 0 Å². The number of thiazole rings is 1. The Labute approximate surface area is 194 Å². The molecule has 0 spiro atoms. The minimum absolute atomic E-state index is 0.0402. The van der Waals surface area contributed by atoms with Crippen molar-refractivity contribution in [3.8, 4) is 10.6 Å². The van der Waals surface area contributed by atoms with Crippen LogP contribution in [0.5, 0.6) is 0 Å². The van der Waals surface area contributed by atoms with Crippen molar-refractivity contribution in [3.63, 3.8) is 0 Å². The Morgan fingerprint density at radius 3 is 2.72 bits per heavy atom. The quantitative estimate of drug-likeness (QED) is 0.517. The number of rotatable bonds is 5. The van der Waals surface area contributed by atoms with Crippen molar-refractivity contribution >= 4 is 45.3 Å². The smallest absolute Gasteiger partial charge is 0.316 e. The number of nitrogens with zero attached hydrogens (tertiary/aromatic N) is 4. The molecule has 1 fully saturated rings. The molecule has 0 radical (unpaired) electrons. The van der Waals surface area contributed by atoms with Crippen LogP contribution in [0.2, 0.25) is 5.15 Å². The predicted octanol–water partition coefficient (Wildman–Crippen LogP) is 4.86. The predicted molar refractivity (Wildman–Crippen MR) is 118 cm³/mol. The van der Waals surface area contributed by atoms with Gasteiger partial charge in [-0.2, -0.15) is 13.2 Å². The van der Waals surface area contributed by atoms with Crippen LogP contribution in [-0.4, -0.2) is 38.0 Å². The summed E-state index contributed by atoms with van der Waals surface area (Å²) >= 11 is 7.85. The van der Waals surface area contributed by atoms with Gasteiger partial charge < -0.3 is 5.73 Å². The first kappa shape index (κ1) is 23.1. The normalized spacial score (nSPS) is 19.4. The number of carbonyl (C=O) groups excluding carboxylic acids is 1. The van der Waals surface area contributed by atoms with Crippen LogP contribution < -0.4 is 11.1 Å². The SMILES string of the molecule is C[C@@H]1CC[C@@H](N)N1Cc1sc(NC(=O)c2cnc(Cl)cn2)nc1-c1cc(C(F)(F)F)cs1. The lowest BCUT2D eigenvalue weighted by Gasteiger charge is -2.25. The number of carbonyl (C=O) groups is 1. The van der Waals surface area contributed by atoms with Crippen LogP contribution in [-0.2, 0) is 12.7 Å². The number of alkyl halides is 3. The first-order valence-corrected chi connectivity index (χ1v) is 11.6. The monoisotopic (exact) mass is 502 g/mol. The van der Waals surface area contributed by atoms with Gasteiger partial charge in [-0.1, -0.05) is 22.9 Å². The highest BCUT2D eigenvalue weighted by Gasteiger charge is 2.33. The van der Waals surface area contributed by atoms with Crippen LogP contribution in [0.3, 0.4) is 0 Å². The maximum atomic E-state index is 13.1. The Bertz CT molecular complexity index is 1110. The summed E-state index contributed by atoms with van der Waals surface area (Å²) in [5, 5.41) is 4.10. The van der Waals surface area contributed by atoms with Crippen molar-refractivity contribution in [1.82, 2.24) is 19.9 Å². The van der Waals surface area contributed by atoms with Gasteiger partial charge in [0.1, 0.15) is 10.8 Å². The molecule has 1 saturated heterocycles. The van der Waals surface area contributed by atoms with Crippen LogP contribution in [0.1, 0.15) is 40.7 Å². The fourth-order valence-corrected chi connectivity index (χ4v) is 5.49. The summed E-state index contributed by atoms with van der Waals surface area (Å²) in [4.78, 5) is 27.9. The molecule has 0 aromatic carbocycles. The van der Waals surface area contributed by atoms with Crippen LogP contribution in [0.15, 0.2) is 23.8 Å². The van der Waals surface area contributed by atoms with Crippen molar-refractivity contribution in [3.05, 3.63) is 45.1 Å². The van der Waals surface area contributed by atoms with Crippen LogP contribution >= 0.6 is 34.3 Å². The van der Waals surface area contributed by atoms with Crippen LogP contribution in [0.4, 0.5) is 18.3 Å². The van der Waals surface area contributed by atoms with Gasteiger partial charge in [-0.3, -0.25) is 15.0 Å². The molecule has 3 N–H and O–H groups in total. The molecular weight excluding hydrogens is 485 g/mol. The Kier molecular flexibility index (Phi) is 6.50. The van der Waals surface area contributed by atoms with Gasteiger partial charge >= 0.3 is 6.18 Å². The van der Waals surface area contributed by atoms with E-state index in [1.807, 2.05) is 0 Å². The lowest BCUT2D eigenvalue weighted by Crippen LogP contribution is -2.39. The molecule has 1 amide bonds. The zero-order valence-corrected chi connectivity index (χ0v) is 19.1. The van der Waals surface area contributed by atoms with Crippen molar-refractivity contribution in [2.45, 2.75) is 44.7 Å². The number of hydrogen-bond acceptors (Lipinski definition) is 8. The topological polar surface area (TPSA) is 97.0 Å². The van der Waals surface area contributed by atoms with Crippen molar-refractivity contribution in [2.75, 3.05) is 5.32 Å². The lowest BCUT2D eigenvalue weighted by molar-refractivity contribution is -0.137. The molecule has 3 aromatic rings. The summed E-state index contributed by atoms with van der Waals surface area (Å²) in [5.74, 6) is -0.547. The third-order valence-electron chi connectivity index (χ3n) is 5.13. The van der Waals surface area contributed by atoms with E-state index in [0.717, 1.165) is 40.5 Å². The Morgan fingerprint density at radius 2 is 2.12 bits per heavy atom.